The van der Waals surface area contributed by atoms with Gasteiger partial charge in [0, 0.05) is 13.2 Å². The average Bonchev–Trinajstić information content (AvgIpc) is 2.09. The third-order valence-corrected chi connectivity index (χ3v) is 2.38. The van der Waals surface area contributed by atoms with Gasteiger partial charge in [0.15, 0.2) is 6.29 Å². The van der Waals surface area contributed by atoms with Crippen LogP contribution in [0.2, 0.25) is 0 Å². The third kappa shape index (κ3) is 2.44. The zero-order valence-electron chi connectivity index (χ0n) is 8.17. The van der Waals surface area contributed by atoms with Crippen molar-refractivity contribution in [2.45, 2.75) is 45.1 Å². The number of nitrogens with one attached hydrogen (secondary N) is 1. The fourth-order valence-electron chi connectivity index (χ4n) is 1.66. The molecule has 0 radical (unpaired) electrons. The van der Waals surface area contributed by atoms with E-state index in [0.29, 0.717) is 6.04 Å². The van der Waals surface area contributed by atoms with Gasteiger partial charge in [-0.1, -0.05) is 6.92 Å². The molecule has 1 fully saturated rings. The minimum Gasteiger partial charge on any atom is -0.356 e. The van der Waals surface area contributed by atoms with E-state index in [2.05, 4.69) is 19.2 Å². The Labute approximate surface area is 74.4 Å². The number of hydrogen-bond acceptors (Lipinski definition) is 3. The first kappa shape index (κ1) is 9.96. The van der Waals surface area contributed by atoms with Crippen molar-refractivity contribution in [1.82, 2.24) is 5.32 Å². The van der Waals surface area contributed by atoms with Crippen molar-refractivity contribution >= 4 is 0 Å². The molecule has 1 aliphatic rings. The highest BCUT2D eigenvalue weighted by molar-refractivity contribution is 4.78. The summed E-state index contributed by atoms with van der Waals surface area (Å²) < 4.78 is 10.8. The highest BCUT2D eigenvalue weighted by Crippen LogP contribution is 2.19. The van der Waals surface area contributed by atoms with Crippen molar-refractivity contribution in [2.75, 3.05) is 13.7 Å². The molecule has 0 amide bonds. The lowest BCUT2D eigenvalue weighted by molar-refractivity contribution is -0.183. The van der Waals surface area contributed by atoms with Crippen LogP contribution in [0.3, 0.4) is 0 Å². The predicted octanol–water partition coefficient (Wildman–Crippen LogP) is 1.14. The van der Waals surface area contributed by atoms with Gasteiger partial charge < -0.3 is 14.8 Å². The molecule has 72 valence electrons. The number of methoxy groups -OCH3 is 1. The van der Waals surface area contributed by atoms with Crippen LogP contribution < -0.4 is 5.32 Å². The molecule has 0 aliphatic carbocycles. The van der Waals surface area contributed by atoms with E-state index in [4.69, 9.17) is 9.47 Å². The Hall–Kier alpha value is -0.120. The molecule has 1 unspecified atom stereocenters. The van der Waals surface area contributed by atoms with Crippen LogP contribution in [0.25, 0.3) is 0 Å². The summed E-state index contributed by atoms with van der Waals surface area (Å²) in [7, 11) is 1.70. The van der Waals surface area contributed by atoms with Gasteiger partial charge in [0.25, 0.3) is 0 Å². The topological polar surface area (TPSA) is 30.5 Å². The second-order valence-electron chi connectivity index (χ2n) is 3.25. The predicted molar refractivity (Wildman–Crippen MR) is 48.0 cm³/mol. The molecule has 0 aromatic heterocycles. The normalized spacial score (nSPS) is 36.8. The van der Waals surface area contributed by atoms with Gasteiger partial charge in [-0.05, 0) is 26.3 Å². The minimum atomic E-state index is 0.00917. The maximum absolute atomic E-state index is 5.62. The van der Waals surface area contributed by atoms with Crippen LogP contribution in [0.4, 0.5) is 0 Å². The summed E-state index contributed by atoms with van der Waals surface area (Å²) in [4.78, 5) is 0. The van der Waals surface area contributed by atoms with Crippen LogP contribution in [-0.4, -0.2) is 32.1 Å². The maximum Gasteiger partial charge on any atom is 0.157 e. The van der Waals surface area contributed by atoms with Crippen molar-refractivity contribution in [3.63, 3.8) is 0 Å². The largest absolute Gasteiger partial charge is 0.356 e. The monoisotopic (exact) mass is 173 g/mol. The Bertz CT molecular complexity index is 130. The molecule has 1 rings (SSSR count). The average molecular weight is 173 g/mol. The molecule has 0 aromatic rings. The second kappa shape index (κ2) is 4.80. The molecule has 0 saturated carbocycles. The van der Waals surface area contributed by atoms with Crippen molar-refractivity contribution < 1.29 is 9.47 Å². The Balaban J connectivity index is 2.31. The van der Waals surface area contributed by atoms with Crippen molar-refractivity contribution in [3.8, 4) is 0 Å². The number of hydrogen-bond donors (Lipinski definition) is 1. The number of likely N-dealkylation sites (N-methyl/N-ethyl adjacent to an activating group) is 1. The SMILES string of the molecule is CCN[C@@H]1CC[C@@H](OC)OC1C. The summed E-state index contributed by atoms with van der Waals surface area (Å²) in [6.07, 6.45) is 2.42. The molecule has 12 heavy (non-hydrogen) atoms. The van der Waals surface area contributed by atoms with Crippen molar-refractivity contribution in [1.29, 1.82) is 0 Å². The van der Waals surface area contributed by atoms with E-state index >= 15 is 0 Å². The summed E-state index contributed by atoms with van der Waals surface area (Å²) in [6.45, 7) is 5.23. The van der Waals surface area contributed by atoms with E-state index in [1.807, 2.05) is 0 Å². The van der Waals surface area contributed by atoms with Gasteiger partial charge in [-0.15, -0.1) is 0 Å². The molecule has 1 heterocycles. The molecule has 3 nitrogen and oxygen atoms in total. The fraction of sp³-hybridized carbons (Fsp3) is 1.00. The zero-order valence-corrected chi connectivity index (χ0v) is 8.17. The van der Waals surface area contributed by atoms with Gasteiger partial charge in [-0.3, -0.25) is 0 Å². The lowest BCUT2D eigenvalue weighted by Gasteiger charge is -2.34. The van der Waals surface area contributed by atoms with E-state index in [-0.39, 0.29) is 12.4 Å². The second-order valence-corrected chi connectivity index (χ2v) is 3.25. The summed E-state index contributed by atoms with van der Waals surface area (Å²) in [5.41, 5.74) is 0. The van der Waals surface area contributed by atoms with Gasteiger partial charge in [-0.25, -0.2) is 0 Å². The van der Waals surface area contributed by atoms with Gasteiger partial charge >= 0.3 is 0 Å². The maximum atomic E-state index is 5.62. The Morgan fingerprint density at radius 3 is 2.75 bits per heavy atom. The van der Waals surface area contributed by atoms with E-state index in [1.54, 1.807) is 7.11 Å². The van der Waals surface area contributed by atoms with E-state index in [1.165, 1.54) is 0 Å². The van der Waals surface area contributed by atoms with Crippen molar-refractivity contribution in [3.05, 3.63) is 0 Å². The van der Waals surface area contributed by atoms with Crippen LogP contribution in [0.15, 0.2) is 0 Å². The Morgan fingerprint density at radius 2 is 2.25 bits per heavy atom. The lowest BCUT2D eigenvalue weighted by atomic mass is 10.0. The molecule has 3 atom stereocenters. The summed E-state index contributed by atoms with van der Waals surface area (Å²) in [6, 6.07) is 0.501. The van der Waals surface area contributed by atoms with Gasteiger partial charge in [0.05, 0.1) is 6.10 Å². The fourth-order valence-corrected chi connectivity index (χ4v) is 1.66. The van der Waals surface area contributed by atoms with Gasteiger partial charge in [0.1, 0.15) is 0 Å². The van der Waals surface area contributed by atoms with Gasteiger partial charge in [-0.2, -0.15) is 0 Å². The minimum absolute atomic E-state index is 0.00917. The van der Waals surface area contributed by atoms with Crippen LogP contribution >= 0.6 is 0 Å². The van der Waals surface area contributed by atoms with Crippen LogP contribution in [0.1, 0.15) is 26.7 Å². The van der Waals surface area contributed by atoms with Crippen molar-refractivity contribution in [2.24, 2.45) is 0 Å². The molecule has 3 heteroatoms. The summed E-state index contributed by atoms with van der Waals surface area (Å²) in [5, 5.41) is 3.40. The molecular weight excluding hydrogens is 154 g/mol. The smallest absolute Gasteiger partial charge is 0.157 e. The first-order valence-electron chi connectivity index (χ1n) is 4.69. The molecule has 0 aromatic carbocycles. The third-order valence-electron chi connectivity index (χ3n) is 2.38. The van der Waals surface area contributed by atoms with Gasteiger partial charge in [0.2, 0.25) is 0 Å². The Morgan fingerprint density at radius 1 is 1.50 bits per heavy atom. The van der Waals surface area contributed by atoms with E-state index in [0.717, 1.165) is 19.4 Å². The molecule has 0 bridgehead atoms. The zero-order chi connectivity index (χ0) is 8.97. The first-order chi connectivity index (χ1) is 5.77. The molecule has 0 spiro atoms. The molecule has 1 aliphatic heterocycles. The molecule has 1 N–H and O–H groups in total. The summed E-state index contributed by atoms with van der Waals surface area (Å²) >= 11 is 0. The quantitative estimate of drug-likeness (QED) is 0.694. The Kier molecular flexibility index (Phi) is 3.98. The number of rotatable bonds is 3. The first-order valence-corrected chi connectivity index (χ1v) is 4.69. The lowest BCUT2D eigenvalue weighted by Crippen LogP contribution is -2.46. The van der Waals surface area contributed by atoms with Crippen LogP contribution in [0.5, 0.6) is 0 Å². The van der Waals surface area contributed by atoms with E-state index < -0.39 is 0 Å². The molecular formula is C9H19NO2. The highest BCUT2D eigenvalue weighted by Gasteiger charge is 2.26. The highest BCUT2D eigenvalue weighted by atomic mass is 16.7. The molecule has 1 saturated heterocycles. The van der Waals surface area contributed by atoms with E-state index in [9.17, 15) is 0 Å². The standard InChI is InChI=1S/C9H19NO2/c1-4-10-8-5-6-9(11-3)12-7(8)2/h7-10H,4-6H2,1-3H3/t7?,8-,9+/m1/s1. The van der Waals surface area contributed by atoms with Crippen LogP contribution in [0, 0.1) is 0 Å². The summed E-state index contributed by atoms with van der Waals surface area (Å²) in [5.74, 6) is 0. The van der Waals surface area contributed by atoms with Crippen LogP contribution in [-0.2, 0) is 9.47 Å². The number of ether oxygens (including phenoxy) is 2.